The van der Waals surface area contributed by atoms with Crippen molar-refractivity contribution >= 4 is 22.9 Å². The first kappa shape index (κ1) is 21.4. The first-order chi connectivity index (χ1) is 13.9. The molecule has 0 spiro atoms. The number of carbonyl (C=O) groups excluding carboxylic acids is 1. The van der Waals surface area contributed by atoms with Gasteiger partial charge >= 0.3 is 6.18 Å². The molecule has 1 aromatic heterocycles. The molecule has 1 fully saturated rings. The van der Waals surface area contributed by atoms with E-state index in [0.29, 0.717) is 51.5 Å². The lowest BCUT2D eigenvalue weighted by Crippen LogP contribution is -2.51. The van der Waals surface area contributed by atoms with Gasteiger partial charge in [0, 0.05) is 49.8 Å². The minimum Gasteiger partial charge on any atom is -0.368 e. The molecule has 2 aromatic rings. The Labute approximate surface area is 172 Å². The second kappa shape index (κ2) is 9.45. The summed E-state index contributed by atoms with van der Waals surface area (Å²) in [6, 6.07) is 9.38. The number of rotatable bonds is 7. The van der Waals surface area contributed by atoms with Crippen LogP contribution in [0.1, 0.15) is 10.4 Å². The van der Waals surface area contributed by atoms with Gasteiger partial charge < -0.3 is 9.80 Å². The normalized spacial score (nSPS) is 15.0. The molecule has 29 heavy (non-hydrogen) atoms. The fourth-order valence-corrected chi connectivity index (χ4v) is 4.12. The molecule has 2 heterocycles. The van der Waals surface area contributed by atoms with Crippen molar-refractivity contribution in [3.05, 3.63) is 64.9 Å². The number of halogens is 3. The highest BCUT2D eigenvalue weighted by Gasteiger charge is 2.31. The molecule has 156 valence electrons. The Kier molecular flexibility index (Phi) is 6.97. The van der Waals surface area contributed by atoms with Crippen molar-refractivity contribution in [1.29, 1.82) is 0 Å². The van der Waals surface area contributed by atoms with E-state index in [4.69, 9.17) is 0 Å². The Hall–Kier alpha value is -2.32. The van der Waals surface area contributed by atoms with Crippen LogP contribution in [0.5, 0.6) is 0 Å². The van der Waals surface area contributed by atoms with Gasteiger partial charge in [0.05, 0.1) is 12.1 Å². The molecule has 1 aliphatic heterocycles. The van der Waals surface area contributed by atoms with Gasteiger partial charge in [0.25, 0.3) is 0 Å². The Morgan fingerprint density at radius 3 is 2.55 bits per heavy atom. The summed E-state index contributed by atoms with van der Waals surface area (Å²) in [4.78, 5) is 19.6. The van der Waals surface area contributed by atoms with Crippen LogP contribution in [0.2, 0.25) is 0 Å². The van der Waals surface area contributed by atoms with Crippen LogP contribution in [0.3, 0.4) is 0 Å². The number of benzene rings is 1. The third kappa shape index (κ3) is 5.83. The summed E-state index contributed by atoms with van der Waals surface area (Å²) < 4.78 is 38.8. The van der Waals surface area contributed by atoms with E-state index in [9.17, 15) is 18.0 Å². The molecule has 3 rings (SSSR count). The Balaban J connectivity index is 1.55. The lowest BCUT2D eigenvalue weighted by molar-refractivity contribution is -0.137. The van der Waals surface area contributed by atoms with Gasteiger partial charge in [0.1, 0.15) is 0 Å². The number of anilines is 1. The standard InChI is InChI=1S/C21H24F3N3OS/c1-2-8-25(15-19-7-4-13-29-19)16-20(28)27-11-9-26(10-12-27)18-6-3-5-17(14-18)21(22,23)24/h2-7,13-14H,1,8-12,15-16H2. The summed E-state index contributed by atoms with van der Waals surface area (Å²) >= 11 is 1.65. The van der Waals surface area contributed by atoms with Crippen LogP contribution in [0.15, 0.2) is 54.4 Å². The highest BCUT2D eigenvalue weighted by Crippen LogP contribution is 2.31. The van der Waals surface area contributed by atoms with Gasteiger partial charge in [-0.15, -0.1) is 17.9 Å². The largest absolute Gasteiger partial charge is 0.416 e. The topological polar surface area (TPSA) is 26.8 Å². The van der Waals surface area contributed by atoms with Crippen molar-refractivity contribution in [1.82, 2.24) is 9.80 Å². The van der Waals surface area contributed by atoms with Gasteiger partial charge in [-0.2, -0.15) is 13.2 Å². The molecule has 0 aliphatic carbocycles. The number of thiophene rings is 1. The zero-order valence-electron chi connectivity index (χ0n) is 16.1. The van der Waals surface area contributed by atoms with Crippen molar-refractivity contribution in [3.63, 3.8) is 0 Å². The molecular weight excluding hydrogens is 399 g/mol. The van der Waals surface area contributed by atoms with E-state index in [0.717, 1.165) is 6.07 Å². The zero-order valence-corrected chi connectivity index (χ0v) is 16.9. The number of amides is 1. The number of alkyl halides is 3. The van der Waals surface area contributed by atoms with E-state index in [-0.39, 0.29) is 5.91 Å². The van der Waals surface area contributed by atoms with Gasteiger partial charge in [0.2, 0.25) is 5.91 Å². The summed E-state index contributed by atoms with van der Waals surface area (Å²) in [6.45, 7) is 7.40. The van der Waals surface area contributed by atoms with Crippen molar-refractivity contribution in [2.24, 2.45) is 0 Å². The minimum atomic E-state index is -4.36. The summed E-state index contributed by atoms with van der Waals surface area (Å²) in [5.74, 6) is 0.0344. The highest BCUT2D eigenvalue weighted by molar-refractivity contribution is 7.09. The molecule has 0 N–H and O–H groups in total. The first-order valence-electron chi connectivity index (χ1n) is 9.42. The van der Waals surface area contributed by atoms with Gasteiger partial charge in [-0.05, 0) is 29.6 Å². The lowest BCUT2D eigenvalue weighted by atomic mass is 10.1. The van der Waals surface area contributed by atoms with E-state index in [2.05, 4.69) is 6.58 Å². The lowest BCUT2D eigenvalue weighted by Gasteiger charge is -2.37. The molecule has 1 aromatic carbocycles. The average Bonchev–Trinajstić information content (AvgIpc) is 3.21. The number of hydrogen-bond acceptors (Lipinski definition) is 4. The van der Waals surface area contributed by atoms with E-state index < -0.39 is 11.7 Å². The predicted octanol–water partition coefficient (Wildman–Crippen LogP) is 4.10. The quantitative estimate of drug-likeness (QED) is 0.628. The van der Waals surface area contributed by atoms with E-state index in [1.54, 1.807) is 28.4 Å². The second-order valence-corrected chi connectivity index (χ2v) is 7.99. The molecule has 1 aliphatic rings. The minimum absolute atomic E-state index is 0.0344. The second-order valence-electron chi connectivity index (χ2n) is 6.95. The third-order valence-electron chi connectivity index (χ3n) is 4.88. The van der Waals surface area contributed by atoms with Crippen LogP contribution in [0, 0.1) is 0 Å². The molecule has 0 atom stereocenters. The zero-order chi connectivity index (χ0) is 20.9. The highest BCUT2D eigenvalue weighted by atomic mass is 32.1. The van der Waals surface area contributed by atoms with Crippen LogP contribution in [-0.4, -0.2) is 55.0 Å². The molecular formula is C21H24F3N3OS. The van der Waals surface area contributed by atoms with Crippen molar-refractivity contribution < 1.29 is 18.0 Å². The molecule has 0 unspecified atom stereocenters. The maximum absolute atomic E-state index is 12.9. The fourth-order valence-electron chi connectivity index (χ4n) is 3.37. The maximum Gasteiger partial charge on any atom is 0.416 e. The van der Waals surface area contributed by atoms with Crippen molar-refractivity contribution in [2.45, 2.75) is 12.7 Å². The molecule has 8 heteroatoms. The van der Waals surface area contributed by atoms with Gasteiger partial charge in [-0.3, -0.25) is 9.69 Å². The maximum atomic E-state index is 12.9. The van der Waals surface area contributed by atoms with Gasteiger partial charge in [-0.1, -0.05) is 18.2 Å². The van der Waals surface area contributed by atoms with E-state index >= 15 is 0 Å². The number of carbonyl (C=O) groups is 1. The monoisotopic (exact) mass is 423 g/mol. The SMILES string of the molecule is C=CCN(CC(=O)N1CCN(c2cccc(C(F)(F)F)c2)CC1)Cc1cccs1. The third-order valence-corrected chi connectivity index (χ3v) is 5.74. The predicted molar refractivity (Wildman–Crippen MR) is 110 cm³/mol. The molecule has 4 nitrogen and oxygen atoms in total. The fraction of sp³-hybridized carbons (Fsp3) is 0.381. The Bertz CT molecular complexity index is 815. The van der Waals surface area contributed by atoms with Crippen LogP contribution >= 0.6 is 11.3 Å². The Morgan fingerprint density at radius 2 is 1.93 bits per heavy atom. The van der Waals surface area contributed by atoms with E-state index in [1.807, 2.05) is 27.3 Å². The van der Waals surface area contributed by atoms with Gasteiger partial charge in [-0.25, -0.2) is 0 Å². The average molecular weight is 424 g/mol. The van der Waals surface area contributed by atoms with Crippen LogP contribution in [-0.2, 0) is 17.5 Å². The Morgan fingerprint density at radius 1 is 1.17 bits per heavy atom. The van der Waals surface area contributed by atoms with Crippen molar-refractivity contribution in [3.8, 4) is 0 Å². The van der Waals surface area contributed by atoms with Crippen molar-refractivity contribution in [2.75, 3.05) is 44.2 Å². The van der Waals surface area contributed by atoms with Crippen LogP contribution in [0.25, 0.3) is 0 Å². The number of nitrogens with zero attached hydrogens (tertiary/aromatic N) is 3. The summed E-state index contributed by atoms with van der Waals surface area (Å²) in [7, 11) is 0. The van der Waals surface area contributed by atoms with Crippen LogP contribution < -0.4 is 4.90 Å². The molecule has 1 amide bonds. The summed E-state index contributed by atoms with van der Waals surface area (Å²) in [5, 5.41) is 2.01. The summed E-state index contributed by atoms with van der Waals surface area (Å²) in [5.41, 5.74) is -0.111. The number of hydrogen-bond donors (Lipinski definition) is 0. The smallest absolute Gasteiger partial charge is 0.368 e. The molecule has 1 saturated heterocycles. The first-order valence-corrected chi connectivity index (χ1v) is 10.3. The van der Waals surface area contributed by atoms with Gasteiger partial charge in [0.15, 0.2) is 0 Å². The molecule has 0 saturated carbocycles. The van der Waals surface area contributed by atoms with E-state index in [1.165, 1.54) is 17.0 Å². The number of piperazine rings is 1. The molecule has 0 radical (unpaired) electrons. The molecule has 0 bridgehead atoms. The summed E-state index contributed by atoms with van der Waals surface area (Å²) in [6.07, 6.45) is -2.57. The van der Waals surface area contributed by atoms with Crippen LogP contribution in [0.4, 0.5) is 18.9 Å².